The van der Waals surface area contributed by atoms with Crippen LogP contribution in [0.3, 0.4) is 0 Å². The number of carbonyl (C=O) groups excluding carboxylic acids is 1. The molecule has 1 unspecified atom stereocenters. The Labute approximate surface area is 104 Å². The van der Waals surface area contributed by atoms with Gasteiger partial charge in [-0.25, -0.2) is 0 Å². The Morgan fingerprint density at radius 3 is 2.38 bits per heavy atom. The van der Waals surface area contributed by atoms with E-state index >= 15 is 0 Å². The van der Waals surface area contributed by atoms with E-state index in [0.717, 1.165) is 13.1 Å². The van der Waals surface area contributed by atoms with Crippen LogP contribution in [-0.4, -0.2) is 43.0 Å². The van der Waals surface area contributed by atoms with Crippen molar-refractivity contribution < 1.29 is 4.79 Å². The summed E-state index contributed by atoms with van der Waals surface area (Å²) >= 11 is 0. The molecule has 1 atom stereocenters. The zero-order valence-electron chi connectivity index (χ0n) is 10.1. The molecule has 0 aromatic rings. The SMILES string of the molecule is CC(N)C(=O)NCCN1CCCCCC1.Cl. The van der Waals surface area contributed by atoms with Crippen molar-refractivity contribution in [3.63, 3.8) is 0 Å². The number of nitrogens with two attached hydrogens (primary N) is 1. The van der Waals surface area contributed by atoms with Crippen molar-refractivity contribution in [3.05, 3.63) is 0 Å². The van der Waals surface area contributed by atoms with Crippen molar-refractivity contribution in [3.8, 4) is 0 Å². The third kappa shape index (κ3) is 6.30. The number of hydrogen-bond acceptors (Lipinski definition) is 3. The van der Waals surface area contributed by atoms with Crippen molar-refractivity contribution in [1.29, 1.82) is 0 Å². The van der Waals surface area contributed by atoms with Crippen LogP contribution >= 0.6 is 12.4 Å². The third-order valence-electron chi connectivity index (χ3n) is 2.84. The number of carbonyl (C=O) groups is 1. The van der Waals surface area contributed by atoms with Crippen molar-refractivity contribution in [2.24, 2.45) is 5.73 Å². The maximum Gasteiger partial charge on any atom is 0.236 e. The molecule has 16 heavy (non-hydrogen) atoms. The van der Waals surface area contributed by atoms with Crippen LogP contribution in [0, 0.1) is 0 Å². The Balaban J connectivity index is 0.00000225. The lowest BCUT2D eigenvalue weighted by Gasteiger charge is -2.20. The zero-order chi connectivity index (χ0) is 11.1. The second kappa shape index (κ2) is 8.79. The summed E-state index contributed by atoms with van der Waals surface area (Å²) in [6, 6.07) is -0.394. The minimum Gasteiger partial charge on any atom is -0.353 e. The minimum atomic E-state index is -0.394. The van der Waals surface area contributed by atoms with Gasteiger partial charge in [-0.3, -0.25) is 4.79 Å². The number of nitrogens with zero attached hydrogens (tertiary/aromatic N) is 1. The fourth-order valence-corrected chi connectivity index (χ4v) is 1.86. The van der Waals surface area contributed by atoms with Gasteiger partial charge in [-0.15, -0.1) is 12.4 Å². The molecule has 0 saturated carbocycles. The highest BCUT2D eigenvalue weighted by molar-refractivity contribution is 5.85. The van der Waals surface area contributed by atoms with Crippen molar-refractivity contribution in [2.75, 3.05) is 26.2 Å². The van der Waals surface area contributed by atoms with E-state index in [2.05, 4.69) is 10.2 Å². The summed E-state index contributed by atoms with van der Waals surface area (Å²) in [6.07, 6.45) is 5.29. The number of likely N-dealkylation sites (tertiary alicyclic amines) is 1. The fourth-order valence-electron chi connectivity index (χ4n) is 1.86. The van der Waals surface area contributed by atoms with Crippen molar-refractivity contribution >= 4 is 18.3 Å². The summed E-state index contributed by atoms with van der Waals surface area (Å²) < 4.78 is 0. The van der Waals surface area contributed by atoms with E-state index in [1.165, 1.54) is 38.8 Å². The summed E-state index contributed by atoms with van der Waals surface area (Å²) in [4.78, 5) is 13.6. The number of halogens is 1. The summed E-state index contributed by atoms with van der Waals surface area (Å²) in [5, 5.41) is 2.84. The average Bonchev–Trinajstić information content (AvgIpc) is 2.46. The van der Waals surface area contributed by atoms with E-state index < -0.39 is 6.04 Å². The number of nitrogens with one attached hydrogen (secondary N) is 1. The molecule has 1 saturated heterocycles. The largest absolute Gasteiger partial charge is 0.353 e. The normalized spacial score (nSPS) is 19.4. The summed E-state index contributed by atoms with van der Waals surface area (Å²) in [5.74, 6) is -0.0511. The number of amides is 1. The molecule has 1 amide bonds. The Morgan fingerprint density at radius 2 is 1.88 bits per heavy atom. The molecule has 0 bridgehead atoms. The van der Waals surface area contributed by atoms with Gasteiger partial charge in [0.15, 0.2) is 0 Å². The maximum atomic E-state index is 11.2. The molecule has 0 aromatic heterocycles. The molecule has 0 radical (unpaired) electrons. The molecule has 1 aliphatic rings. The second-order valence-electron chi connectivity index (χ2n) is 4.34. The molecule has 5 heteroatoms. The lowest BCUT2D eigenvalue weighted by molar-refractivity contribution is -0.122. The molecule has 1 aliphatic heterocycles. The molecule has 0 aromatic carbocycles. The highest BCUT2D eigenvalue weighted by atomic mass is 35.5. The predicted octanol–water partition coefficient (Wildman–Crippen LogP) is 0.748. The van der Waals surface area contributed by atoms with Crippen molar-refractivity contribution in [1.82, 2.24) is 10.2 Å². The Hall–Kier alpha value is -0.320. The van der Waals surface area contributed by atoms with Crippen LogP contribution in [0.25, 0.3) is 0 Å². The van der Waals surface area contributed by atoms with Crippen LogP contribution in [0.5, 0.6) is 0 Å². The van der Waals surface area contributed by atoms with Crippen LogP contribution in [0.15, 0.2) is 0 Å². The van der Waals surface area contributed by atoms with E-state index in [0.29, 0.717) is 0 Å². The van der Waals surface area contributed by atoms with Crippen molar-refractivity contribution in [2.45, 2.75) is 38.6 Å². The first-order chi connectivity index (χ1) is 7.20. The Kier molecular flexibility index (Phi) is 8.61. The molecule has 3 N–H and O–H groups in total. The van der Waals surface area contributed by atoms with Crippen LogP contribution in [0.1, 0.15) is 32.6 Å². The summed E-state index contributed by atoms with van der Waals surface area (Å²) in [6.45, 7) is 5.74. The molecule has 1 heterocycles. The highest BCUT2D eigenvalue weighted by Gasteiger charge is 2.10. The second-order valence-corrected chi connectivity index (χ2v) is 4.34. The van der Waals surface area contributed by atoms with Gasteiger partial charge >= 0.3 is 0 Å². The predicted molar refractivity (Wildman–Crippen MR) is 68.8 cm³/mol. The van der Waals surface area contributed by atoms with E-state index in [1.807, 2.05) is 0 Å². The molecule has 96 valence electrons. The van der Waals surface area contributed by atoms with E-state index in [-0.39, 0.29) is 18.3 Å². The third-order valence-corrected chi connectivity index (χ3v) is 2.84. The van der Waals surface area contributed by atoms with Crippen LogP contribution in [0.4, 0.5) is 0 Å². The fraction of sp³-hybridized carbons (Fsp3) is 0.909. The van der Waals surface area contributed by atoms with E-state index in [1.54, 1.807) is 6.92 Å². The molecule has 0 spiro atoms. The molecular formula is C11H24ClN3O. The van der Waals surface area contributed by atoms with Gasteiger partial charge in [0, 0.05) is 13.1 Å². The van der Waals surface area contributed by atoms with Gasteiger partial charge in [0.2, 0.25) is 5.91 Å². The lowest BCUT2D eigenvalue weighted by Crippen LogP contribution is -2.42. The first-order valence-electron chi connectivity index (χ1n) is 5.96. The van der Waals surface area contributed by atoms with Crippen LogP contribution in [-0.2, 0) is 4.79 Å². The molecule has 1 rings (SSSR count). The first-order valence-corrected chi connectivity index (χ1v) is 5.96. The van der Waals surface area contributed by atoms with Gasteiger partial charge in [-0.2, -0.15) is 0 Å². The summed E-state index contributed by atoms with van der Waals surface area (Å²) in [7, 11) is 0. The Morgan fingerprint density at radius 1 is 1.31 bits per heavy atom. The van der Waals surface area contributed by atoms with Gasteiger partial charge in [0.1, 0.15) is 0 Å². The van der Waals surface area contributed by atoms with Gasteiger partial charge in [0.05, 0.1) is 6.04 Å². The molecule has 1 fully saturated rings. The smallest absolute Gasteiger partial charge is 0.236 e. The van der Waals surface area contributed by atoms with Gasteiger partial charge in [-0.1, -0.05) is 12.8 Å². The van der Waals surface area contributed by atoms with Crippen LogP contribution < -0.4 is 11.1 Å². The monoisotopic (exact) mass is 249 g/mol. The highest BCUT2D eigenvalue weighted by Crippen LogP contribution is 2.08. The van der Waals surface area contributed by atoms with Gasteiger partial charge in [-0.05, 0) is 32.9 Å². The quantitative estimate of drug-likeness (QED) is 0.773. The lowest BCUT2D eigenvalue weighted by atomic mass is 10.2. The number of hydrogen-bond donors (Lipinski definition) is 2. The summed E-state index contributed by atoms with van der Waals surface area (Å²) in [5.41, 5.74) is 5.45. The number of rotatable bonds is 4. The molecule has 0 aliphatic carbocycles. The topological polar surface area (TPSA) is 58.4 Å². The maximum absolute atomic E-state index is 11.2. The van der Waals surface area contributed by atoms with Crippen LogP contribution in [0.2, 0.25) is 0 Å². The zero-order valence-corrected chi connectivity index (χ0v) is 10.9. The molecule has 4 nitrogen and oxygen atoms in total. The van der Waals surface area contributed by atoms with Gasteiger partial charge in [0.25, 0.3) is 0 Å². The minimum absolute atomic E-state index is 0. The van der Waals surface area contributed by atoms with E-state index in [9.17, 15) is 4.79 Å². The Bertz CT molecular complexity index is 192. The standard InChI is InChI=1S/C11H23N3O.ClH/c1-10(12)11(15)13-6-9-14-7-4-2-3-5-8-14;/h10H,2-9,12H2,1H3,(H,13,15);1H. The first kappa shape index (κ1) is 15.7. The molecular weight excluding hydrogens is 226 g/mol. The van der Waals surface area contributed by atoms with Gasteiger partial charge < -0.3 is 16.0 Å². The van der Waals surface area contributed by atoms with E-state index in [4.69, 9.17) is 5.73 Å². The average molecular weight is 250 g/mol.